The van der Waals surface area contributed by atoms with Crippen LogP contribution in [0, 0.1) is 11.6 Å². The van der Waals surface area contributed by atoms with Crippen LogP contribution in [0.2, 0.25) is 0 Å². The SMILES string of the molecule is O=C(Cc1ccc(F)cc1F)c1cc(Br)ccc1Br. The quantitative estimate of drug-likeness (QED) is 0.681. The third-order valence-corrected chi connectivity index (χ3v) is 3.78. The van der Waals surface area contributed by atoms with Crippen LogP contribution in [0.1, 0.15) is 15.9 Å². The average Bonchev–Trinajstić information content (AvgIpc) is 2.35. The lowest BCUT2D eigenvalue weighted by atomic mass is 10.0. The van der Waals surface area contributed by atoms with Crippen molar-refractivity contribution in [3.63, 3.8) is 0 Å². The second-order valence-electron chi connectivity index (χ2n) is 3.96. The number of benzene rings is 2. The Morgan fingerprint density at radius 1 is 1.05 bits per heavy atom. The molecular formula is C14H8Br2F2O. The van der Waals surface area contributed by atoms with E-state index in [-0.39, 0.29) is 17.8 Å². The minimum atomic E-state index is -0.709. The number of halogens is 4. The van der Waals surface area contributed by atoms with E-state index in [0.29, 0.717) is 10.0 Å². The van der Waals surface area contributed by atoms with E-state index in [1.807, 2.05) is 0 Å². The van der Waals surface area contributed by atoms with Crippen molar-refractivity contribution in [2.75, 3.05) is 0 Å². The van der Waals surface area contributed by atoms with Crippen LogP contribution in [-0.2, 0) is 6.42 Å². The number of rotatable bonds is 3. The van der Waals surface area contributed by atoms with Crippen LogP contribution in [-0.4, -0.2) is 5.78 Å². The van der Waals surface area contributed by atoms with Gasteiger partial charge in [0.05, 0.1) is 0 Å². The summed E-state index contributed by atoms with van der Waals surface area (Å²) >= 11 is 6.56. The van der Waals surface area contributed by atoms with Crippen molar-refractivity contribution < 1.29 is 13.6 Å². The van der Waals surface area contributed by atoms with Crippen molar-refractivity contribution in [1.82, 2.24) is 0 Å². The molecule has 0 heterocycles. The zero-order valence-electron chi connectivity index (χ0n) is 9.59. The van der Waals surface area contributed by atoms with Gasteiger partial charge in [0.15, 0.2) is 5.78 Å². The van der Waals surface area contributed by atoms with Gasteiger partial charge >= 0.3 is 0 Å². The largest absolute Gasteiger partial charge is 0.294 e. The van der Waals surface area contributed by atoms with Gasteiger partial charge in [0, 0.05) is 27.0 Å². The Hall–Kier alpha value is -1.07. The Balaban J connectivity index is 2.28. The summed E-state index contributed by atoms with van der Waals surface area (Å²) < 4.78 is 27.7. The Kier molecular flexibility index (Phi) is 4.47. The summed E-state index contributed by atoms with van der Waals surface area (Å²) in [7, 11) is 0. The number of carbonyl (C=O) groups excluding carboxylic acids is 1. The standard InChI is InChI=1S/C14H8Br2F2O/c15-9-2-4-12(16)11(6-9)14(19)5-8-1-3-10(17)7-13(8)18/h1-4,6-7H,5H2. The number of ketones is 1. The summed E-state index contributed by atoms with van der Waals surface area (Å²) in [6.07, 6.45) is -0.110. The second kappa shape index (κ2) is 5.92. The van der Waals surface area contributed by atoms with Crippen LogP contribution in [0.5, 0.6) is 0 Å². The first-order chi connectivity index (χ1) is 8.97. The summed E-state index contributed by atoms with van der Waals surface area (Å²) in [5.74, 6) is -1.60. The van der Waals surface area contributed by atoms with E-state index in [9.17, 15) is 13.6 Å². The zero-order chi connectivity index (χ0) is 14.0. The van der Waals surface area contributed by atoms with E-state index in [0.717, 1.165) is 16.6 Å². The Morgan fingerprint density at radius 2 is 1.79 bits per heavy atom. The molecule has 0 atom stereocenters. The highest BCUT2D eigenvalue weighted by molar-refractivity contribution is 9.11. The fraction of sp³-hybridized carbons (Fsp3) is 0.0714. The molecule has 2 aromatic carbocycles. The molecule has 0 amide bonds. The van der Waals surface area contributed by atoms with Crippen LogP contribution in [0.25, 0.3) is 0 Å². The molecule has 2 rings (SSSR count). The monoisotopic (exact) mass is 388 g/mol. The lowest BCUT2D eigenvalue weighted by Crippen LogP contribution is -2.06. The second-order valence-corrected chi connectivity index (χ2v) is 5.73. The summed E-state index contributed by atoms with van der Waals surface area (Å²) in [4.78, 5) is 12.1. The zero-order valence-corrected chi connectivity index (χ0v) is 12.8. The van der Waals surface area contributed by atoms with E-state index >= 15 is 0 Å². The fourth-order valence-corrected chi connectivity index (χ4v) is 2.47. The maximum absolute atomic E-state index is 13.5. The van der Waals surface area contributed by atoms with Gasteiger partial charge in [0.2, 0.25) is 0 Å². The first kappa shape index (κ1) is 14.3. The van der Waals surface area contributed by atoms with Crippen LogP contribution >= 0.6 is 31.9 Å². The maximum Gasteiger partial charge on any atom is 0.168 e. The molecule has 0 aromatic heterocycles. The summed E-state index contributed by atoms with van der Waals surface area (Å²) in [6.45, 7) is 0. The number of Topliss-reactive ketones (excluding diaryl/α,β-unsaturated/α-hetero) is 1. The molecule has 0 aliphatic heterocycles. The average molecular weight is 390 g/mol. The molecule has 0 saturated heterocycles. The molecule has 19 heavy (non-hydrogen) atoms. The van der Waals surface area contributed by atoms with Crippen molar-refractivity contribution in [2.24, 2.45) is 0 Å². The summed E-state index contributed by atoms with van der Waals surface area (Å²) in [5.41, 5.74) is 0.636. The first-order valence-corrected chi connectivity index (χ1v) is 6.98. The topological polar surface area (TPSA) is 17.1 Å². The molecule has 0 saturated carbocycles. The lowest BCUT2D eigenvalue weighted by Gasteiger charge is -2.06. The molecule has 5 heteroatoms. The van der Waals surface area contributed by atoms with Gasteiger partial charge in [-0.2, -0.15) is 0 Å². The van der Waals surface area contributed by atoms with Crippen LogP contribution in [0.15, 0.2) is 45.3 Å². The Morgan fingerprint density at radius 3 is 2.47 bits per heavy atom. The van der Waals surface area contributed by atoms with Crippen molar-refractivity contribution in [1.29, 1.82) is 0 Å². The van der Waals surface area contributed by atoms with E-state index in [1.165, 1.54) is 6.07 Å². The molecule has 1 nitrogen and oxygen atoms in total. The number of hydrogen-bond donors (Lipinski definition) is 0. The predicted octanol–water partition coefficient (Wildman–Crippen LogP) is 4.92. The molecular weight excluding hydrogens is 382 g/mol. The van der Waals surface area contributed by atoms with Crippen molar-refractivity contribution in [2.45, 2.75) is 6.42 Å². The van der Waals surface area contributed by atoms with E-state index in [2.05, 4.69) is 31.9 Å². The Bertz CT molecular complexity index is 641. The molecule has 0 fully saturated rings. The highest BCUT2D eigenvalue weighted by Gasteiger charge is 2.14. The van der Waals surface area contributed by atoms with Gasteiger partial charge in [-0.1, -0.05) is 37.9 Å². The molecule has 0 radical (unpaired) electrons. The van der Waals surface area contributed by atoms with E-state index in [1.54, 1.807) is 18.2 Å². The van der Waals surface area contributed by atoms with Crippen molar-refractivity contribution in [3.8, 4) is 0 Å². The Labute approximate surface area is 125 Å². The number of carbonyl (C=O) groups is 1. The summed E-state index contributed by atoms with van der Waals surface area (Å²) in [6, 6.07) is 8.39. The van der Waals surface area contributed by atoms with Gasteiger partial charge in [-0.3, -0.25) is 4.79 Å². The molecule has 0 unspecified atom stereocenters. The minimum absolute atomic E-state index is 0.110. The van der Waals surface area contributed by atoms with Gasteiger partial charge in [-0.15, -0.1) is 0 Å². The van der Waals surface area contributed by atoms with Crippen molar-refractivity contribution in [3.05, 3.63) is 68.1 Å². The minimum Gasteiger partial charge on any atom is -0.294 e. The number of hydrogen-bond acceptors (Lipinski definition) is 1. The van der Waals surface area contributed by atoms with Crippen LogP contribution in [0.4, 0.5) is 8.78 Å². The third-order valence-electron chi connectivity index (χ3n) is 2.59. The third kappa shape index (κ3) is 3.48. The smallest absolute Gasteiger partial charge is 0.168 e. The fourth-order valence-electron chi connectivity index (χ4n) is 1.64. The molecule has 0 aliphatic carbocycles. The van der Waals surface area contributed by atoms with Gasteiger partial charge in [-0.25, -0.2) is 8.78 Å². The molecule has 0 aliphatic rings. The van der Waals surface area contributed by atoms with Gasteiger partial charge in [0.1, 0.15) is 11.6 Å². The molecule has 0 bridgehead atoms. The first-order valence-electron chi connectivity index (χ1n) is 5.39. The predicted molar refractivity (Wildman–Crippen MR) is 76.2 cm³/mol. The highest BCUT2D eigenvalue weighted by Crippen LogP contribution is 2.23. The normalized spacial score (nSPS) is 10.5. The summed E-state index contributed by atoms with van der Waals surface area (Å²) in [5, 5.41) is 0. The van der Waals surface area contributed by atoms with Gasteiger partial charge in [0.25, 0.3) is 0 Å². The highest BCUT2D eigenvalue weighted by atomic mass is 79.9. The van der Waals surface area contributed by atoms with Gasteiger partial charge < -0.3 is 0 Å². The maximum atomic E-state index is 13.5. The van der Waals surface area contributed by atoms with E-state index < -0.39 is 11.6 Å². The lowest BCUT2D eigenvalue weighted by molar-refractivity contribution is 0.0991. The molecule has 0 spiro atoms. The van der Waals surface area contributed by atoms with Gasteiger partial charge in [-0.05, 0) is 29.8 Å². The molecule has 2 aromatic rings. The van der Waals surface area contributed by atoms with E-state index in [4.69, 9.17) is 0 Å². The van der Waals surface area contributed by atoms with Crippen LogP contribution in [0.3, 0.4) is 0 Å². The molecule has 0 N–H and O–H groups in total. The van der Waals surface area contributed by atoms with Crippen LogP contribution < -0.4 is 0 Å². The van der Waals surface area contributed by atoms with Crippen molar-refractivity contribution >= 4 is 37.6 Å². The molecule has 98 valence electrons.